The molecule has 1 rings (SSSR count). The molecule has 0 bridgehead atoms. The van der Waals surface area contributed by atoms with Crippen molar-refractivity contribution in [2.24, 2.45) is 0 Å². The number of methoxy groups -OCH3 is 1. The van der Waals surface area contributed by atoms with E-state index in [4.69, 9.17) is 9.47 Å². The molecule has 18 heavy (non-hydrogen) atoms. The lowest BCUT2D eigenvalue weighted by atomic mass is 10.2. The van der Waals surface area contributed by atoms with E-state index in [1.807, 2.05) is 6.92 Å². The first-order chi connectivity index (χ1) is 8.65. The molecule has 4 nitrogen and oxygen atoms in total. The van der Waals surface area contributed by atoms with Gasteiger partial charge in [0.05, 0.1) is 6.54 Å². The summed E-state index contributed by atoms with van der Waals surface area (Å²) in [5, 5.41) is 2.69. The lowest BCUT2D eigenvalue weighted by molar-refractivity contribution is -0.125. The van der Waals surface area contributed by atoms with E-state index in [1.54, 1.807) is 12.1 Å². The highest BCUT2D eigenvalue weighted by Gasteiger charge is 2.10. The number of rotatable bonds is 7. The van der Waals surface area contributed by atoms with Crippen molar-refractivity contribution in [1.29, 1.82) is 0 Å². The van der Waals surface area contributed by atoms with Crippen LogP contribution in [-0.2, 0) is 9.53 Å². The van der Waals surface area contributed by atoms with Gasteiger partial charge in [-0.15, -0.1) is 0 Å². The predicted molar refractivity (Wildman–Crippen MR) is 66.0 cm³/mol. The molecule has 100 valence electrons. The third-order valence-electron chi connectivity index (χ3n) is 2.36. The third kappa shape index (κ3) is 5.14. The van der Waals surface area contributed by atoms with Gasteiger partial charge in [-0.05, 0) is 18.6 Å². The van der Waals surface area contributed by atoms with E-state index in [0.29, 0.717) is 18.7 Å². The van der Waals surface area contributed by atoms with E-state index in [0.717, 1.165) is 0 Å². The second-order valence-electron chi connectivity index (χ2n) is 3.84. The first kappa shape index (κ1) is 14.4. The second-order valence-corrected chi connectivity index (χ2v) is 3.84. The van der Waals surface area contributed by atoms with Gasteiger partial charge in [0.25, 0.3) is 0 Å². The predicted octanol–water partition coefficient (Wildman–Crippen LogP) is 1.75. The molecular weight excluding hydrogens is 237 g/mol. The van der Waals surface area contributed by atoms with Crippen molar-refractivity contribution in [1.82, 2.24) is 5.32 Å². The Labute approximate surface area is 106 Å². The zero-order chi connectivity index (χ0) is 13.4. The van der Waals surface area contributed by atoms with Crippen LogP contribution in [0.1, 0.15) is 13.3 Å². The summed E-state index contributed by atoms with van der Waals surface area (Å²) in [6.45, 7) is 2.33. The van der Waals surface area contributed by atoms with Gasteiger partial charge in [0, 0.05) is 13.2 Å². The highest BCUT2D eigenvalue weighted by atomic mass is 19.1. The first-order valence-corrected chi connectivity index (χ1v) is 5.83. The summed E-state index contributed by atoms with van der Waals surface area (Å²) < 4.78 is 23.2. The number of benzene rings is 1. The fraction of sp³-hybridized carbons (Fsp3) is 0.462. The summed E-state index contributed by atoms with van der Waals surface area (Å²) in [5.41, 5.74) is 0. The van der Waals surface area contributed by atoms with E-state index in [1.165, 1.54) is 19.2 Å². The fourth-order valence-corrected chi connectivity index (χ4v) is 1.41. The molecule has 1 amide bonds. The molecule has 0 aromatic heterocycles. The molecular formula is C13H18FNO3. The molecule has 0 heterocycles. The number of amides is 1. The van der Waals surface area contributed by atoms with Crippen LogP contribution in [0, 0.1) is 5.82 Å². The molecule has 1 N–H and O–H groups in total. The van der Waals surface area contributed by atoms with Crippen LogP contribution < -0.4 is 10.1 Å². The van der Waals surface area contributed by atoms with Gasteiger partial charge in [-0.1, -0.05) is 13.0 Å². The standard InChI is InChI=1S/C13H18FNO3/c1-3-11(8-15-13(16)9-17-2)18-12-6-4-5-10(14)7-12/h4-7,11H,3,8-9H2,1-2H3,(H,15,16). The number of nitrogens with one attached hydrogen (secondary N) is 1. The van der Waals surface area contributed by atoms with Crippen LogP contribution in [0.15, 0.2) is 24.3 Å². The van der Waals surface area contributed by atoms with E-state index in [9.17, 15) is 9.18 Å². The molecule has 1 atom stereocenters. The zero-order valence-corrected chi connectivity index (χ0v) is 10.6. The largest absolute Gasteiger partial charge is 0.489 e. The minimum absolute atomic E-state index is 0.0242. The Morgan fingerprint density at radius 2 is 2.28 bits per heavy atom. The minimum atomic E-state index is -0.342. The van der Waals surface area contributed by atoms with Gasteiger partial charge in [0.2, 0.25) is 5.91 Å². The molecule has 1 aromatic carbocycles. The fourth-order valence-electron chi connectivity index (χ4n) is 1.41. The number of carbonyl (C=O) groups excluding carboxylic acids is 1. The Morgan fingerprint density at radius 3 is 2.89 bits per heavy atom. The monoisotopic (exact) mass is 255 g/mol. The Morgan fingerprint density at radius 1 is 1.50 bits per heavy atom. The topological polar surface area (TPSA) is 47.6 Å². The van der Waals surface area contributed by atoms with Gasteiger partial charge in [-0.2, -0.15) is 0 Å². The van der Waals surface area contributed by atoms with Gasteiger partial charge in [-0.25, -0.2) is 4.39 Å². The Balaban J connectivity index is 2.44. The molecule has 0 aliphatic carbocycles. The van der Waals surface area contributed by atoms with Crippen molar-refractivity contribution in [2.45, 2.75) is 19.4 Å². The van der Waals surface area contributed by atoms with Gasteiger partial charge < -0.3 is 14.8 Å². The molecule has 0 radical (unpaired) electrons. The highest BCUT2D eigenvalue weighted by Crippen LogP contribution is 2.14. The summed E-state index contributed by atoms with van der Waals surface area (Å²) in [6, 6.07) is 5.94. The Hall–Kier alpha value is -1.62. The molecule has 0 saturated heterocycles. The average molecular weight is 255 g/mol. The molecule has 0 saturated carbocycles. The van der Waals surface area contributed by atoms with Crippen molar-refractivity contribution < 1.29 is 18.7 Å². The van der Waals surface area contributed by atoms with Crippen molar-refractivity contribution >= 4 is 5.91 Å². The Kier molecular flexibility index (Phi) is 6.14. The maximum absolute atomic E-state index is 13.0. The van der Waals surface area contributed by atoms with Crippen molar-refractivity contribution in [2.75, 3.05) is 20.3 Å². The number of hydrogen-bond donors (Lipinski definition) is 1. The summed E-state index contributed by atoms with van der Waals surface area (Å²) in [7, 11) is 1.46. The third-order valence-corrected chi connectivity index (χ3v) is 2.36. The van der Waals surface area contributed by atoms with Gasteiger partial charge in [0.15, 0.2) is 0 Å². The van der Waals surface area contributed by atoms with Crippen molar-refractivity contribution in [3.05, 3.63) is 30.1 Å². The van der Waals surface area contributed by atoms with Crippen molar-refractivity contribution in [3.8, 4) is 5.75 Å². The normalized spacial score (nSPS) is 11.9. The van der Waals surface area contributed by atoms with Crippen LogP contribution in [0.2, 0.25) is 0 Å². The summed E-state index contributed by atoms with van der Waals surface area (Å²) in [5.74, 6) is -0.0765. The quantitative estimate of drug-likeness (QED) is 0.807. The number of halogens is 1. The smallest absolute Gasteiger partial charge is 0.246 e. The van der Waals surface area contributed by atoms with Crippen LogP contribution in [0.3, 0.4) is 0 Å². The van der Waals surface area contributed by atoms with Gasteiger partial charge >= 0.3 is 0 Å². The molecule has 0 aliphatic heterocycles. The van der Waals surface area contributed by atoms with Gasteiger partial charge in [0.1, 0.15) is 24.3 Å². The second kappa shape index (κ2) is 7.66. The van der Waals surface area contributed by atoms with E-state index in [-0.39, 0.29) is 24.4 Å². The SMILES string of the molecule is CCC(CNC(=O)COC)Oc1cccc(F)c1. The maximum Gasteiger partial charge on any atom is 0.246 e. The van der Waals surface area contributed by atoms with Crippen LogP contribution in [0.25, 0.3) is 0 Å². The molecule has 1 aromatic rings. The lowest BCUT2D eigenvalue weighted by Gasteiger charge is -2.18. The zero-order valence-electron chi connectivity index (χ0n) is 10.6. The number of hydrogen-bond acceptors (Lipinski definition) is 3. The molecule has 0 aliphatic rings. The van der Waals surface area contributed by atoms with Crippen molar-refractivity contribution in [3.63, 3.8) is 0 Å². The number of carbonyl (C=O) groups is 1. The lowest BCUT2D eigenvalue weighted by Crippen LogP contribution is -2.36. The van der Waals surface area contributed by atoms with Crippen LogP contribution in [0.4, 0.5) is 4.39 Å². The Bertz CT molecular complexity index is 384. The number of ether oxygens (including phenoxy) is 2. The summed E-state index contributed by atoms with van der Waals surface area (Å²) in [6.07, 6.45) is 0.525. The van der Waals surface area contributed by atoms with E-state index >= 15 is 0 Å². The van der Waals surface area contributed by atoms with Crippen LogP contribution in [0.5, 0.6) is 5.75 Å². The summed E-state index contributed by atoms with van der Waals surface area (Å²) in [4.78, 5) is 11.2. The average Bonchev–Trinajstić information content (AvgIpc) is 2.35. The highest BCUT2D eigenvalue weighted by molar-refractivity contribution is 5.77. The molecule has 1 unspecified atom stereocenters. The van der Waals surface area contributed by atoms with E-state index < -0.39 is 0 Å². The van der Waals surface area contributed by atoms with Gasteiger partial charge in [-0.3, -0.25) is 4.79 Å². The molecule has 0 spiro atoms. The first-order valence-electron chi connectivity index (χ1n) is 5.83. The van der Waals surface area contributed by atoms with Crippen LogP contribution in [-0.4, -0.2) is 32.3 Å². The maximum atomic E-state index is 13.0. The molecule has 5 heteroatoms. The summed E-state index contributed by atoms with van der Waals surface area (Å²) >= 11 is 0. The minimum Gasteiger partial charge on any atom is -0.489 e. The van der Waals surface area contributed by atoms with Crippen LogP contribution >= 0.6 is 0 Å². The van der Waals surface area contributed by atoms with E-state index in [2.05, 4.69) is 5.32 Å². The molecule has 0 fully saturated rings.